The van der Waals surface area contributed by atoms with Crippen molar-refractivity contribution in [1.29, 1.82) is 0 Å². The molecule has 1 unspecified atom stereocenters. The second kappa shape index (κ2) is 12.3. The number of fused-ring (bicyclic) bond motifs is 6. The standard InChI is InChI=1S/C42H27FN4.Pd/c43-41(29-12-8-11-28(25-29)36-19-6-7-23-44-36)30-13-9-17-33(26-30)47-38-21-22-39-40(35(38)27-31-14-10-24-45-42(31)47)34-18-4-5-20-37(34)46(39)32-15-2-1-3-16-32;/h1-24,41H,27H2;/q-2;+2. The number of para-hydroxylation sites is 2. The molecule has 9 rings (SSSR count). The second-order valence-corrected chi connectivity index (χ2v) is 11.7. The fraction of sp³-hybridized carbons (Fsp3) is 0.0476. The van der Waals surface area contributed by atoms with Crippen LogP contribution in [0.5, 0.6) is 0 Å². The SMILES string of the molecule is FC(c1[c-]c(-c2ccccn2)ccc1)c1[c-]c(N2c3ccc4c(c3Cc3cccnc32)c2ccccc2n4-c2ccccc2)ccc1.[Pd+2]. The fourth-order valence-electron chi connectivity index (χ4n) is 6.91. The molecule has 0 bridgehead atoms. The summed E-state index contributed by atoms with van der Waals surface area (Å²) in [5.74, 6) is 0.832. The molecule has 0 radical (unpaired) electrons. The van der Waals surface area contributed by atoms with Crippen LogP contribution in [0.3, 0.4) is 0 Å². The summed E-state index contributed by atoms with van der Waals surface area (Å²) < 4.78 is 18.7. The van der Waals surface area contributed by atoms with Crippen molar-refractivity contribution in [2.75, 3.05) is 4.90 Å². The van der Waals surface area contributed by atoms with Gasteiger partial charge in [0.05, 0.1) is 11.0 Å². The van der Waals surface area contributed by atoms with E-state index in [4.69, 9.17) is 4.98 Å². The molecule has 0 N–H and O–H groups in total. The van der Waals surface area contributed by atoms with Gasteiger partial charge < -0.3 is 14.5 Å². The Bertz CT molecular complexity index is 2420. The van der Waals surface area contributed by atoms with Crippen LogP contribution < -0.4 is 4.90 Å². The Hall–Kier alpha value is -5.41. The number of hydrogen-bond acceptors (Lipinski definition) is 3. The third-order valence-corrected chi connectivity index (χ3v) is 8.97. The van der Waals surface area contributed by atoms with Crippen LogP contribution in [-0.4, -0.2) is 14.5 Å². The predicted molar refractivity (Wildman–Crippen MR) is 186 cm³/mol. The number of nitrogens with zero attached hydrogens (tertiary/aromatic N) is 4. The van der Waals surface area contributed by atoms with E-state index < -0.39 is 6.17 Å². The molecule has 0 spiro atoms. The number of hydrogen-bond donors (Lipinski definition) is 0. The minimum absolute atomic E-state index is 0. The summed E-state index contributed by atoms with van der Waals surface area (Å²) in [5.41, 5.74) is 9.87. The van der Waals surface area contributed by atoms with E-state index in [0.29, 0.717) is 11.1 Å². The van der Waals surface area contributed by atoms with Crippen molar-refractivity contribution in [1.82, 2.24) is 14.5 Å². The molecule has 1 aliphatic heterocycles. The van der Waals surface area contributed by atoms with E-state index in [0.717, 1.165) is 57.2 Å². The predicted octanol–water partition coefficient (Wildman–Crippen LogP) is 10.3. The van der Waals surface area contributed by atoms with Gasteiger partial charge in [-0.2, -0.15) is 18.2 Å². The van der Waals surface area contributed by atoms with Crippen LogP contribution in [0.1, 0.15) is 28.4 Å². The monoisotopic (exact) mass is 712 g/mol. The molecule has 1 aliphatic rings. The molecule has 0 fully saturated rings. The molecule has 8 aromatic rings. The van der Waals surface area contributed by atoms with Crippen LogP contribution in [0.4, 0.5) is 21.6 Å². The molecule has 232 valence electrons. The van der Waals surface area contributed by atoms with Crippen LogP contribution in [0.15, 0.2) is 146 Å². The van der Waals surface area contributed by atoms with Gasteiger partial charge in [0, 0.05) is 41.0 Å². The van der Waals surface area contributed by atoms with Gasteiger partial charge in [-0.1, -0.05) is 65.8 Å². The fourth-order valence-corrected chi connectivity index (χ4v) is 6.91. The summed E-state index contributed by atoms with van der Waals surface area (Å²) in [6.45, 7) is 0. The van der Waals surface area contributed by atoms with E-state index >= 15 is 4.39 Å². The molecule has 0 saturated heterocycles. The summed E-state index contributed by atoms with van der Waals surface area (Å²) in [6, 6.07) is 51.1. The Morgan fingerprint density at radius 3 is 2.27 bits per heavy atom. The average molecular weight is 713 g/mol. The summed E-state index contributed by atoms with van der Waals surface area (Å²) in [7, 11) is 0. The molecule has 0 amide bonds. The first-order chi connectivity index (χ1) is 23.2. The van der Waals surface area contributed by atoms with Gasteiger partial charge in [-0.3, -0.25) is 0 Å². The van der Waals surface area contributed by atoms with Crippen molar-refractivity contribution in [2.45, 2.75) is 12.6 Å². The molecule has 5 aromatic carbocycles. The Kier molecular flexibility index (Phi) is 7.69. The van der Waals surface area contributed by atoms with Crippen molar-refractivity contribution in [3.05, 3.63) is 180 Å². The summed E-state index contributed by atoms with van der Waals surface area (Å²) in [5, 5.41) is 2.40. The number of aromatic nitrogens is 3. The van der Waals surface area contributed by atoms with Gasteiger partial charge in [-0.25, -0.2) is 9.37 Å². The molecular formula is C42H27FN4Pd. The number of anilines is 3. The van der Waals surface area contributed by atoms with E-state index in [1.807, 2.05) is 60.8 Å². The zero-order valence-electron chi connectivity index (χ0n) is 25.6. The Balaban J connectivity index is 0.00000336. The van der Waals surface area contributed by atoms with Crippen LogP contribution in [0, 0.1) is 12.1 Å². The van der Waals surface area contributed by atoms with E-state index in [1.54, 1.807) is 18.3 Å². The van der Waals surface area contributed by atoms with Crippen LogP contribution in [0.25, 0.3) is 38.8 Å². The zero-order valence-corrected chi connectivity index (χ0v) is 27.2. The minimum atomic E-state index is -1.42. The second-order valence-electron chi connectivity index (χ2n) is 11.7. The van der Waals surface area contributed by atoms with Gasteiger partial charge >= 0.3 is 20.4 Å². The van der Waals surface area contributed by atoms with Gasteiger partial charge in [0.2, 0.25) is 0 Å². The molecule has 3 aromatic heterocycles. The number of rotatable bonds is 5. The summed E-state index contributed by atoms with van der Waals surface area (Å²) in [4.78, 5) is 11.4. The van der Waals surface area contributed by atoms with Crippen LogP contribution >= 0.6 is 0 Å². The van der Waals surface area contributed by atoms with Gasteiger partial charge in [-0.05, 0) is 59.3 Å². The Labute approximate surface area is 291 Å². The Morgan fingerprint density at radius 2 is 1.42 bits per heavy atom. The van der Waals surface area contributed by atoms with Gasteiger partial charge in [0.25, 0.3) is 0 Å². The maximum Gasteiger partial charge on any atom is 2.00 e. The topological polar surface area (TPSA) is 34.0 Å². The Morgan fingerprint density at radius 1 is 0.646 bits per heavy atom. The maximum atomic E-state index is 16.3. The first-order valence-electron chi connectivity index (χ1n) is 15.7. The summed E-state index contributed by atoms with van der Waals surface area (Å²) >= 11 is 0. The molecular weight excluding hydrogens is 686 g/mol. The number of pyridine rings is 2. The third-order valence-electron chi connectivity index (χ3n) is 8.97. The van der Waals surface area contributed by atoms with Gasteiger partial charge in [-0.15, -0.1) is 41.5 Å². The van der Waals surface area contributed by atoms with Crippen molar-refractivity contribution in [3.8, 4) is 16.9 Å². The normalized spacial score (nSPS) is 12.7. The van der Waals surface area contributed by atoms with E-state index in [-0.39, 0.29) is 20.4 Å². The van der Waals surface area contributed by atoms with Crippen LogP contribution in [-0.2, 0) is 26.8 Å². The van der Waals surface area contributed by atoms with Crippen molar-refractivity contribution in [3.63, 3.8) is 0 Å². The molecule has 48 heavy (non-hydrogen) atoms. The van der Waals surface area contributed by atoms with Crippen molar-refractivity contribution >= 4 is 39.0 Å². The van der Waals surface area contributed by atoms with Crippen molar-refractivity contribution < 1.29 is 24.8 Å². The number of benzene rings is 5. The van der Waals surface area contributed by atoms with Gasteiger partial charge in [0.15, 0.2) is 0 Å². The summed E-state index contributed by atoms with van der Waals surface area (Å²) in [6.07, 6.45) is 2.86. The van der Waals surface area contributed by atoms with E-state index in [2.05, 4.69) is 93.3 Å². The minimum Gasteiger partial charge on any atom is -0.319 e. The van der Waals surface area contributed by atoms with Crippen LogP contribution in [0.2, 0.25) is 0 Å². The van der Waals surface area contributed by atoms with E-state index in [1.165, 1.54) is 16.3 Å². The number of halogens is 1. The van der Waals surface area contributed by atoms with Crippen molar-refractivity contribution in [2.24, 2.45) is 0 Å². The maximum absolute atomic E-state index is 16.3. The molecule has 1 atom stereocenters. The largest absolute Gasteiger partial charge is 2.00 e. The van der Waals surface area contributed by atoms with E-state index in [9.17, 15) is 0 Å². The smallest absolute Gasteiger partial charge is 0.319 e. The van der Waals surface area contributed by atoms with Gasteiger partial charge in [0.1, 0.15) is 12.0 Å². The first kappa shape index (κ1) is 30.0. The number of alkyl halides is 1. The molecule has 0 saturated carbocycles. The quantitative estimate of drug-likeness (QED) is 0.132. The molecule has 6 heteroatoms. The molecule has 0 aliphatic carbocycles. The average Bonchev–Trinajstić information content (AvgIpc) is 3.49. The first-order valence-corrected chi connectivity index (χ1v) is 15.7. The third kappa shape index (κ3) is 4.93. The zero-order chi connectivity index (χ0) is 31.3. The molecule has 4 nitrogen and oxygen atoms in total. The molecule has 4 heterocycles.